The summed E-state index contributed by atoms with van der Waals surface area (Å²) < 4.78 is 22.7. The Hall–Kier alpha value is -2.12. The highest BCUT2D eigenvalue weighted by Crippen LogP contribution is 2.51. The second-order valence-electron chi connectivity index (χ2n) is 9.13. The maximum absolute atomic E-state index is 12.9. The Bertz CT molecular complexity index is 1010. The number of nitrogens with zero attached hydrogens (tertiary/aromatic N) is 2. The largest absolute Gasteiger partial charge is 0.477 e. The van der Waals surface area contributed by atoms with Crippen molar-refractivity contribution in [2.45, 2.75) is 43.6 Å². The maximum atomic E-state index is 12.9. The topological polar surface area (TPSA) is 153 Å². The minimum Gasteiger partial charge on any atom is -0.477 e. The zero-order valence-electron chi connectivity index (χ0n) is 19.2. The fraction of sp³-hybridized carbons (Fsp3) is 0.700. The molecule has 3 rings (SSSR count). The lowest BCUT2D eigenvalue weighted by Crippen LogP contribution is -2.66. The first kappa shape index (κ1) is 25.5. The first-order chi connectivity index (χ1) is 15.2. The molecule has 0 aromatic heterocycles. The number of sulfone groups is 1. The number of carbonyl (C=O) groups is 4. The number of aliphatic carboxylic acids is 1. The van der Waals surface area contributed by atoms with Gasteiger partial charge in [-0.2, -0.15) is 0 Å². The molecule has 0 aromatic rings. The number of hydrogen-bond donors (Lipinski definition) is 3. The van der Waals surface area contributed by atoms with Crippen LogP contribution in [0, 0.1) is 11.8 Å². The van der Waals surface area contributed by atoms with Gasteiger partial charge < -0.3 is 25.5 Å². The molecule has 3 aliphatic heterocycles. The van der Waals surface area contributed by atoms with Gasteiger partial charge in [0.05, 0.1) is 18.0 Å². The van der Waals surface area contributed by atoms with Gasteiger partial charge >= 0.3 is 5.97 Å². The van der Waals surface area contributed by atoms with Crippen molar-refractivity contribution in [2.75, 3.05) is 32.6 Å². The third kappa shape index (κ3) is 5.04. The predicted molar refractivity (Wildman–Crippen MR) is 122 cm³/mol. The number of carbonyl (C=O) groups excluding carboxylic acids is 3. The van der Waals surface area contributed by atoms with E-state index in [0.29, 0.717) is 17.9 Å². The molecule has 3 N–H and O–H groups in total. The van der Waals surface area contributed by atoms with E-state index in [4.69, 9.17) is 0 Å². The average molecular weight is 503 g/mol. The van der Waals surface area contributed by atoms with Gasteiger partial charge in [0.1, 0.15) is 11.4 Å². The SMILES string of the molecule is C[C@@H](NC(=O)CS(C)(=O)=O)[C@H]1C(=O)N2C(C(=O)O)=C(S[C@@H]3CN[C@H](C(=O)N(C)C)C3)[C@H](C)[C@H]12. The molecule has 0 spiro atoms. The van der Waals surface area contributed by atoms with Crippen molar-refractivity contribution >= 4 is 45.3 Å². The van der Waals surface area contributed by atoms with Crippen LogP contribution in [0.5, 0.6) is 0 Å². The Morgan fingerprint density at radius 1 is 1.33 bits per heavy atom. The van der Waals surface area contributed by atoms with Crippen LogP contribution in [0.15, 0.2) is 10.6 Å². The lowest BCUT2D eigenvalue weighted by Gasteiger charge is -2.47. The second kappa shape index (κ2) is 9.26. The first-order valence-electron chi connectivity index (χ1n) is 10.6. The number of thioether (sulfide) groups is 1. The third-order valence-corrected chi connectivity index (χ3v) is 8.53. The third-order valence-electron chi connectivity index (χ3n) is 6.24. The number of fused-ring (bicyclic) bond motifs is 1. The van der Waals surface area contributed by atoms with Crippen LogP contribution >= 0.6 is 11.8 Å². The van der Waals surface area contributed by atoms with E-state index in [-0.39, 0.29) is 28.8 Å². The molecule has 184 valence electrons. The highest BCUT2D eigenvalue weighted by Gasteiger charge is 2.60. The summed E-state index contributed by atoms with van der Waals surface area (Å²) in [6.45, 7) is 4.01. The number of likely N-dealkylation sites (N-methyl/N-ethyl adjacent to an activating group) is 1. The van der Waals surface area contributed by atoms with Crippen LogP contribution in [0.2, 0.25) is 0 Å². The standard InChI is InChI=1S/C20H30N4O7S2/c1-9-15-14(10(2)22-13(25)8-33(5,30)31)19(27)24(15)16(20(28)29)17(9)32-11-6-12(21-7-11)18(26)23(3)4/h9-12,14-15,21H,6-8H2,1-5H3,(H,22,25)(H,28,29)/t9-,10-,11+,12+,14-,15-/m1/s1. The van der Waals surface area contributed by atoms with E-state index >= 15 is 0 Å². The molecule has 2 saturated heterocycles. The number of carboxylic acids is 1. The smallest absolute Gasteiger partial charge is 0.353 e. The molecule has 0 bridgehead atoms. The number of amides is 3. The molecule has 11 nitrogen and oxygen atoms in total. The Morgan fingerprint density at radius 3 is 2.52 bits per heavy atom. The lowest BCUT2D eigenvalue weighted by molar-refractivity contribution is -0.158. The second-order valence-corrected chi connectivity index (χ2v) is 12.6. The van der Waals surface area contributed by atoms with E-state index in [2.05, 4.69) is 10.6 Å². The van der Waals surface area contributed by atoms with Crippen molar-refractivity contribution in [3.05, 3.63) is 10.6 Å². The number of rotatable bonds is 8. The van der Waals surface area contributed by atoms with Crippen molar-refractivity contribution in [1.82, 2.24) is 20.4 Å². The minimum atomic E-state index is -3.51. The van der Waals surface area contributed by atoms with Crippen molar-refractivity contribution in [1.29, 1.82) is 0 Å². The fourth-order valence-corrected chi connectivity index (χ4v) is 6.83. The molecular formula is C20H30N4O7S2. The van der Waals surface area contributed by atoms with E-state index in [1.54, 1.807) is 21.0 Å². The summed E-state index contributed by atoms with van der Waals surface area (Å²) in [4.78, 5) is 52.6. The Labute approximate surface area is 197 Å². The summed E-state index contributed by atoms with van der Waals surface area (Å²) in [6.07, 6.45) is 1.50. The Morgan fingerprint density at radius 2 is 1.97 bits per heavy atom. The highest BCUT2D eigenvalue weighted by atomic mass is 32.2. The molecule has 33 heavy (non-hydrogen) atoms. The van der Waals surface area contributed by atoms with Gasteiger partial charge in [-0.1, -0.05) is 6.92 Å². The van der Waals surface area contributed by atoms with Gasteiger partial charge in [-0.3, -0.25) is 14.4 Å². The molecule has 0 unspecified atom stereocenters. The van der Waals surface area contributed by atoms with Crippen LogP contribution < -0.4 is 10.6 Å². The Kier molecular flexibility index (Phi) is 7.16. The molecule has 3 aliphatic rings. The normalized spacial score (nSPS) is 30.0. The van der Waals surface area contributed by atoms with Gasteiger partial charge in [-0.05, 0) is 13.3 Å². The summed E-state index contributed by atoms with van der Waals surface area (Å²) in [5.41, 5.74) is -0.0456. The van der Waals surface area contributed by atoms with Gasteiger partial charge in [-0.25, -0.2) is 13.2 Å². The molecule has 0 aromatic carbocycles. The first-order valence-corrected chi connectivity index (χ1v) is 13.6. The molecule has 13 heteroatoms. The van der Waals surface area contributed by atoms with E-state index in [9.17, 15) is 32.7 Å². The van der Waals surface area contributed by atoms with E-state index in [1.807, 2.05) is 6.92 Å². The summed E-state index contributed by atoms with van der Waals surface area (Å²) in [5, 5.41) is 15.6. The summed E-state index contributed by atoms with van der Waals surface area (Å²) in [7, 11) is -0.150. The predicted octanol–water partition coefficient (Wildman–Crippen LogP) is -1.14. The van der Waals surface area contributed by atoms with Crippen LogP contribution in [-0.4, -0.2) is 103 Å². The summed E-state index contributed by atoms with van der Waals surface area (Å²) >= 11 is 1.38. The van der Waals surface area contributed by atoms with Crippen LogP contribution in [0.1, 0.15) is 20.3 Å². The molecule has 3 heterocycles. The van der Waals surface area contributed by atoms with Crippen molar-refractivity contribution in [2.24, 2.45) is 11.8 Å². The maximum Gasteiger partial charge on any atom is 0.353 e. The van der Waals surface area contributed by atoms with Crippen molar-refractivity contribution < 1.29 is 32.7 Å². The number of nitrogens with one attached hydrogen (secondary N) is 2. The Balaban J connectivity index is 1.73. The molecule has 3 amide bonds. The highest BCUT2D eigenvalue weighted by molar-refractivity contribution is 8.03. The van der Waals surface area contributed by atoms with Gasteiger partial charge in [-0.15, -0.1) is 11.8 Å². The monoisotopic (exact) mass is 502 g/mol. The van der Waals surface area contributed by atoms with Gasteiger partial charge in [0.2, 0.25) is 17.7 Å². The van der Waals surface area contributed by atoms with E-state index in [0.717, 1.165) is 6.26 Å². The van der Waals surface area contributed by atoms with E-state index in [1.165, 1.54) is 21.6 Å². The quantitative estimate of drug-likeness (QED) is 0.350. The molecule has 6 atom stereocenters. The van der Waals surface area contributed by atoms with E-state index < -0.39 is 51.4 Å². The van der Waals surface area contributed by atoms with Gasteiger partial charge in [0, 0.05) is 49.0 Å². The lowest BCUT2D eigenvalue weighted by atomic mass is 9.78. The van der Waals surface area contributed by atoms with Crippen molar-refractivity contribution in [3.8, 4) is 0 Å². The number of hydrogen-bond acceptors (Lipinski definition) is 8. The number of β-lactam (4-membered cyclic amide) rings is 1. The van der Waals surface area contributed by atoms with Crippen LogP contribution in [0.3, 0.4) is 0 Å². The number of carboxylic acid groups (broad SMARTS) is 1. The zero-order chi connectivity index (χ0) is 24.8. The molecule has 0 radical (unpaired) electrons. The van der Waals surface area contributed by atoms with Crippen LogP contribution in [-0.2, 0) is 29.0 Å². The summed E-state index contributed by atoms with van der Waals surface area (Å²) in [5.74, 6) is -3.94. The average Bonchev–Trinajstić information content (AvgIpc) is 3.22. The molecule has 0 aliphatic carbocycles. The molecule has 2 fully saturated rings. The summed E-state index contributed by atoms with van der Waals surface area (Å²) in [6, 6.07) is -1.42. The molecular weight excluding hydrogens is 472 g/mol. The van der Waals surface area contributed by atoms with Crippen LogP contribution in [0.25, 0.3) is 0 Å². The zero-order valence-corrected chi connectivity index (χ0v) is 20.8. The fourth-order valence-electron chi connectivity index (χ4n) is 4.79. The van der Waals surface area contributed by atoms with Crippen LogP contribution in [0.4, 0.5) is 0 Å². The minimum absolute atomic E-state index is 0.0233. The van der Waals surface area contributed by atoms with Gasteiger partial charge in [0.25, 0.3) is 0 Å². The van der Waals surface area contributed by atoms with Crippen molar-refractivity contribution in [3.63, 3.8) is 0 Å². The van der Waals surface area contributed by atoms with Gasteiger partial charge in [0.15, 0.2) is 9.84 Å². The molecule has 0 saturated carbocycles.